The Morgan fingerprint density at radius 1 is 1.23 bits per heavy atom. The molecule has 1 aliphatic heterocycles. The fraction of sp³-hybridized carbons (Fsp3) is 0.409. The van der Waals surface area contributed by atoms with Crippen LogP contribution >= 0.6 is 11.6 Å². The van der Waals surface area contributed by atoms with Crippen LogP contribution in [0.25, 0.3) is 0 Å². The Balaban J connectivity index is 1.68. The van der Waals surface area contributed by atoms with Gasteiger partial charge in [0.05, 0.1) is 18.7 Å². The Morgan fingerprint density at radius 3 is 2.58 bits per heavy atom. The topological polar surface area (TPSA) is 79.0 Å². The van der Waals surface area contributed by atoms with E-state index in [1.165, 1.54) is 8.61 Å². The van der Waals surface area contributed by atoms with Crippen molar-refractivity contribution >= 4 is 33.4 Å². The standard InChI is InChI=1S/C22H28ClN3O4S/c1-3-26(19-10-12-20(30-2)13-11-19)31(28,29)25-14-6-8-18(16-25)22(27)24-15-17-7-4-5-9-21(17)23/h4-5,7,9-13,18H,3,6,8,14-16H2,1-2H3,(H,24,27)/t18-/m1/s1. The van der Waals surface area contributed by atoms with Crippen LogP contribution in [0.5, 0.6) is 5.75 Å². The zero-order valence-corrected chi connectivity index (χ0v) is 19.3. The maximum atomic E-state index is 13.3. The molecule has 1 saturated heterocycles. The normalized spacial score (nSPS) is 17.2. The summed E-state index contributed by atoms with van der Waals surface area (Å²) in [5.41, 5.74) is 1.39. The van der Waals surface area contributed by atoms with Crippen LogP contribution in [0.15, 0.2) is 48.5 Å². The summed E-state index contributed by atoms with van der Waals surface area (Å²) < 4.78 is 34.6. The summed E-state index contributed by atoms with van der Waals surface area (Å²) in [4.78, 5) is 12.7. The number of nitrogens with zero attached hydrogens (tertiary/aromatic N) is 2. The van der Waals surface area contributed by atoms with Gasteiger partial charge in [-0.05, 0) is 55.7 Å². The second-order valence-corrected chi connectivity index (χ2v) is 9.64. The van der Waals surface area contributed by atoms with Gasteiger partial charge in [0.15, 0.2) is 0 Å². The first-order valence-corrected chi connectivity index (χ1v) is 12.1. The number of hydrogen-bond donors (Lipinski definition) is 1. The van der Waals surface area contributed by atoms with Crippen molar-refractivity contribution < 1.29 is 17.9 Å². The third-order valence-corrected chi connectivity index (χ3v) is 7.80. The maximum Gasteiger partial charge on any atom is 0.304 e. The van der Waals surface area contributed by atoms with E-state index in [0.717, 1.165) is 5.56 Å². The Kier molecular flexibility index (Phi) is 7.80. The predicted molar refractivity (Wildman–Crippen MR) is 123 cm³/mol. The van der Waals surface area contributed by atoms with Crippen LogP contribution in [0, 0.1) is 5.92 Å². The van der Waals surface area contributed by atoms with Crippen LogP contribution in [0.2, 0.25) is 5.02 Å². The smallest absolute Gasteiger partial charge is 0.304 e. The van der Waals surface area contributed by atoms with Gasteiger partial charge in [0.2, 0.25) is 5.91 Å². The summed E-state index contributed by atoms with van der Waals surface area (Å²) >= 11 is 6.15. The average molecular weight is 466 g/mol. The van der Waals surface area contributed by atoms with Crippen molar-refractivity contribution in [3.63, 3.8) is 0 Å². The summed E-state index contributed by atoms with van der Waals surface area (Å²) in [7, 11) is -2.20. The lowest BCUT2D eigenvalue weighted by atomic mass is 9.99. The van der Waals surface area contributed by atoms with E-state index in [1.54, 1.807) is 44.4 Å². The molecule has 0 aliphatic carbocycles. The number of ether oxygens (including phenoxy) is 1. The molecule has 2 aromatic rings. The molecule has 0 unspecified atom stereocenters. The van der Waals surface area contributed by atoms with Crippen molar-refractivity contribution in [2.75, 3.05) is 31.0 Å². The van der Waals surface area contributed by atoms with E-state index >= 15 is 0 Å². The van der Waals surface area contributed by atoms with Crippen LogP contribution in [-0.4, -0.2) is 45.4 Å². The fourth-order valence-electron chi connectivity index (χ4n) is 3.70. The van der Waals surface area contributed by atoms with E-state index in [1.807, 2.05) is 18.2 Å². The highest BCUT2D eigenvalue weighted by Gasteiger charge is 2.35. The lowest BCUT2D eigenvalue weighted by molar-refractivity contribution is -0.126. The first-order chi connectivity index (χ1) is 14.9. The summed E-state index contributed by atoms with van der Waals surface area (Å²) in [6.45, 7) is 2.94. The molecule has 1 aliphatic rings. The lowest BCUT2D eigenvalue weighted by Gasteiger charge is -2.35. The van der Waals surface area contributed by atoms with Crippen molar-refractivity contribution in [2.24, 2.45) is 5.92 Å². The van der Waals surface area contributed by atoms with E-state index in [9.17, 15) is 13.2 Å². The van der Waals surface area contributed by atoms with E-state index in [-0.39, 0.29) is 19.0 Å². The number of piperidine rings is 1. The second kappa shape index (κ2) is 10.3. The number of anilines is 1. The van der Waals surface area contributed by atoms with Gasteiger partial charge < -0.3 is 10.1 Å². The van der Waals surface area contributed by atoms with Crippen molar-refractivity contribution in [3.8, 4) is 5.75 Å². The van der Waals surface area contributed by atoms with Crippen LogP contribution in [-0.2, 0) is 21.5 Å². The molecular weight excluding hydrogens is 438 g/mol. The number of hydrogen-bond acceptors (Lipinski definition) is 4. The summed E-state index contributed by atoms with van der Waals surface area (Å²) in [5.74, 6) is 0.0957. The Bertz CT molecular complexity index is 998. The fourth-order valence-corrected chi connectivity index (χ4v) is 5.63. The van der Waals surface area contributed by atoms with Crippen LogP contribution in [0.1, 0.15) is 25.3 Å². The highest BCUT2D eigenvalue weighted by molar-refractivity contribution is 7.90. The monoisotopic (exact) mass is 465 g/mol. The molecule has 168 valence electrons. The van der Waals surface area contributed by atoms with Crippen molar-refractivity contribution in [1.82, 2.24) is 9.62 Å². The third kappa shape index (κ3) is 5.50. The Hall–Kier alpha value is -2.29. The molecule has 2 aromatic carbocycles. The molecule has 1 amide bonds. The highest BCUT2D eigenvalue weighted by atomic mass is 35.5. The van der Waals surface area contributed by atoms with Gasteiger partial charge in [-0.1, -0.05) is 29.8 Å². The zero-order valence-electron chi connectivity index (χ0n) is 17.8. The van der Waals surface area contributed by atoms with Gasteiger partial charge in [0.1, 0.15) is 5.75 Å². The number of methoxy groups -OCH3 is 1. The third-order valence-electron chi connectivity index (χ3n) is 5.42. The molecule has 31 heavy (non-hydrogen) atoms. The number of rotatable bonds is 8. The van der Waals surface area contributed by atoms with E-state index in [0.29, 0.717) is 42.4 Å². The Labute approximate surface area is 189 Å². The molecule has 0 aromatic heterocycles. The quantitative estimate of drug-likeness (QED) is 0.647. The summed E-state index contributed by atoms with van der Waals surface area (Å²) in [6.07, 6.45) is 1.28. The molecule has 1 heterocycles. The van der Waals surface area contributed by atoms with Gasteiger partial charge in [0, 0.05) is 31.2 Å². The van der Waals surface area contributed by atoms with Crippen molar-refractivity contribution in [3.05, 3.63) is 59.1 Å². The number of halogens is 1. The lowest BCUT2D eigenvalue weighted by Crippen LogP contribution is -2.50. The summed E-state index contributed by atoms with van der Waals surface area (Å²) in [6, 6.07) is 14.2. The molecule has 0 bridgehead atoms. The Morgan fingerprint density at radius 2 is 1.94 bits per heavy atom. The molecule has 7 nitrogen and oxygen atoms in total. The molecular formula is C22H28ClN3O4S. The maximum absolute atomic E-state index is 13.3. The average Bonchev–Trinajstić information content (AvgIpc) is 2.79. The van der Waals surface area contributed by atoms with Gasteiger partial charge in [-0.3, -0.25) is 9.10 Å². The minimum absolute atomic E-state index is 0.156. The van der Waals surface area contributed by atoms with Crippen molar-refractivity contribution in [1.29, 1.82) is 0 Å². The first kappa shape index (κ1) is 23.4. The summed E-state index contributed by atoms with van der Waals surface area (Å²) in [5, 5.41) is 3.49. The van der Waals surface area contributed by atoms with Gasteiger partial charge in [0.25, 0.3) is 0 Å². The van der Waals surface area contributed by atoms with Crippen molar-refractivity contribution in [2.45, 2.75) is 26.3 Å². The van der Waals surface area contributed by atoms with Crippen LogP contribution in [0.4, 0.5) is 5.69 Å². The SMILES string of the molecule is CCN(c1ccc(OC)cc1)S(=O)(=O)N1CCC[C@@H](C(=O)NCc2ccccc2Cl)C1. The van der Waals surface area contributed by atoms with Crippen LogP contribution < -0.4 is 14.4 Å². The molecule has 0 saturated carbocycles. The van der Waals surface area contributed by atoms with Crippen LogP contribution in [0.3, 0.4) is 0 Å². The number of benzene rings is 2. The number of carbonyl (C=O) groups excluding carboxylic acids is 1. The first-order valence-electron chi connectivity index (χ1n) is 10.3. The molecule has 3 rings (SSSR count). The van der Waals surface area contributed by atoms with Gasteiger partial charge in [-0.2, -0.15) is 12.7 Å². The van der Waals surface area contributed by atoms with Gasteiger partial charge in [-0.25, -0.2) is 0 Å². The van der Waals surface area contributed by atoms with Gasteiger partial charge >= 0.3 is 10.2 Å². The molecule has 9 heteroatoms. The predicted octanol–water partition coefficient (Wildman–Crippen LogP) is 3.45. The number of carbonyl (C=O) groups is 1. The molecule has 0 radical (unpaired) electrons. The zero-order chi connectivity index (χ0) is 22.4. The number of nitrogens with one attached hydrogen (secondary N) is 1. The number of amides is 1. The van der Waals surface area contributed by atoms with E-state index in [2.05, 4.69) is 5.32 Å². The minimum Gasteiger partial charge on any atom is -0.497 e. The highest BCUT2D eigenvalue weighted by Crippen LogP contribution is 2.27. The molecule has 1 N–H and O–H groups in total. The molecule has 1 fully saturated rings. The van der Waals surface area contributed by atoms with Gasteiger partial charge in [-0.15, -0.1) is 0 Å². The molecule has 0 spiro atoms. The second-order valence-electron chi connectivity index (χ2n) is 7.38. The minimum atomic E-state index is -3.76. The molecule has 1 atom stereocenters. The van der Waals surface area contributed by atoms with E-state index in [4.69, 9.17) is 16.3 Å². The largest absolute Gasteiger partial charge is 0.497 e. The van der Waals surface area contributed by atoms with E-state index < -0.39 is 16.1 Å².